The summed E-state index contributed by atoms with van der Waals surface area (Å²) in [4.78, 5) is 30.9. The fraction of sp³-hybridized carbons (Fsp3) is 0.500. The van der Waals surface area contributed by atoms with E-state index >= 15 is 0 Å². The van der Waals surface area contributed by atoms with Gasteiger partial charge in [0.25, 0.3) is 5.56 Å². The topological polar surface area (TPSA) is 97.0 Å². The Kier molecular flexibility index (Phi) is 9.54. The summed E-state index contributed by atoms with van der Waals surface area (Å²) in [5, 5.41) is 12.5. The van der Waals surface area contributed by atoms with Crippen LogP contribution in [0.15, 0.2) is 47.3 Å². The maximum absolute atomic E-state index is 13.3. The van der Waals surface area contributed by atoms with E-state index in [0.29, 0.717) is 55.9 Å². The number of carbonyl (C=O) groups excluding carboxylic acids is 1. The molecule has 0 unspecified atom stereocenters. The highest BCUT2D eigenvalue weighted by Gasteiger charge is 2.20. The molecular weight excluding hydrogens is 530 g/mol. The predicted molar refractivity (Wildman–Crippen MR) is 166 cm³/mol. The van der Waals surface area contributed by atoms with E-state index in [1.807, 2.05) is 42.5 Å². The Morgan fingerprint density at radius 2 is 1.79 bits per heavy atom. The summed E-state index contributed by atoms with van der Waals surface area (Å²) < 4.78 is 9.26. The fourth-order valence-electron chi connectivity index (χ4n) is 5.68. The average molecular weight is 574 g/mol. The number of nitrogens with one attached hydrogen (secondary N) is 1. The van der Waals surface area contributed by atoms with Crippen LogP contribution in [0.25, 0.3) is 16.7 Å². The first-order valence-corrected chi connectivity index (χ1v) is 15.1. The molecule has 2 aromatic carbocycles. The monoisotopic (exact) mass is 573 g/mol. The third kappa shape index (κ3) is 6.65. The second-order valence-corrected chi connectivity index (χ2v) is 11.4. The number of hydrogen-bond acceptors (Lipinski definition) is 7. The molecule has 0 bridgehead atoms. The smallest absolute Gasteiger partial charge is 0.262 e. The van der Waals surface area contributed by atoms with E-state index in [-0.39, 0.29) is 17.6 Å². The van der Waals surface area contributed by atoms with Crippen LogP contribution in [0.4, 0.5) is 5.69 Å². The van der Waals surface area contributed by atoms with E-state index in [1.165, 1.54) is 16.8 Å². The van der Waals surface area contributed by atoms with Gasteiger partial charge in [-0.05, 0) is 63.4 Å². The summed E-state index contributed by atoms with van der Waals surface area (Å²) in [6.07, 6.45) is 1.57. The number of piperazine rings is 1. The number of amides is 1. The highest BCUT2D eigenvalue weighted by molar-refractivity contribution is 5.80. The second kappa shape index (κ2) is 13.5. The molecule has 1 amide bonds. The lowest BCUT2D eigenvalue weighted by atomic mass is 10.1. The lowest BCUT2D eigenvalue weighted by Crippen LogP contribution is -2.48. The van der Waals surface area contributed by atoms with E-state index < -0.39 is 0 Å². The number of anilines is 1. The van der Waals surface area contributed by atoms with Gasteiger partial charge in [-0.1, -0.05) is 24.3 Å². The van der Waals surface area contributed by atoms with E-state index in [2.05, 4.69) is 57.4 Å². The molecule has 1 aliphatic heterocycles. The van der Waals surface area contributed by atoms with Gasteiger partial charge in [-0.15, -0.1) is 10.2 Å². The number of fused-ring (bicyclic) bond motifs is 3. The summed E-state index contributed by atoms with van der Waals surface area (Å²) >= 11 is 0. The summed E-state index contributed by atoms with van der Waals surface area (Å²) in [5.41, 5.74) is 4.67. The van der Waals surface area contributed by atoms with Crippen molar-refractivity contribution in [2.45, 2.75) is 59.6 Å². The fourth-order valence-corrected chi connectivity index (χ4v) is 5.68. The summed E-state index contributed by atoms with van der Waals surface area (Å²) in [6, 6.07) is 14.0. The quantitative estimate of drug-likeness (QED) is 0.260. The third-order valence-electron chi connectivity index (χ3n) is 8.17. The van der Waals surface area contributed by atoms with Crippen LogP contribution >= 0.6 is 0 Å². The summed E-state index contributed by atoms with van der Waals surface area (Å²) in [6.45, 7) is 14.8. The lowest BCUT2D eigenvalue weighted by Gasteiger charge is -2.37. The van der Waals surface area contributed by atoms with Crippen molar-refractivity contribution in [1.82, 2.24) is 29.4 Å². The minimum atomic E-state index is -0.0887. The van der Waals surface area contributed by atoms with Crippen molar-refractivity contribution in [3.63, 3.8) is 0 Å². The van der Waals surface area contributed by atoms with Gasteiger partial charge in [0.15, 0.2) is 0 Å². The van der Waals surface area contributed by atoms with E-state index in [4.69, 9.17) is 4.74 Å². The molecule has 1 fully saturated rings. The van der Waals surface area contributed by atoms with Crippen LogP contribution in [0.5, 0.6) is 0 Å². The molecule has 0 spiro atoms. The second-order valence-electron chi connectivity index (χ2n) is 11.4. The van der Waals surface area contributed by atoms with Crippen molar-refractivity contribution in [3.8, 4) is 0 Å². The molecule has 0 radical (unpaired) electrons. The molecule has 1 N–H and O–H groups in total. The van der Waals surface area contributed by atoms with Crippen molar-refractivity contribution in [2.24, 2.45) is 0 Å². The molecule has 2 aromatic heterocycles. The highest BCUT2D eigenvalue weighted by Crippen LogP contribution is 2.23. The Balaban J connectivity index is 1.16. The van der Waals surface area contributed by atoms with Crippen LogP contribution in [0.2, 0.25) is 0 Å². The first-order chi connectivity index (χ1) is 20.3. The maximum Gasteiger partial charge on any atom is 0.262 e. The molecule has 1 aliphatic rings. The van der Waals surface area contributed by atoms with Crippen molar-refractivity contribution in [2.75, 3.05) is 50.8 Å². The van der Waals surface area contributed by atoms with Crippen LogP contribution in [0, 0.1) is 13.8 Å². The zero-order valence-electron chi connectivity index (χ0n) is 25.3. The molecule has 10 heteroatoms. The van der Waals surface area contributed by atoms with Gasteiger partial charge in [0, 0.05) is 70.9 Å². The first-order valence-electron chi connectivity index (χ1n) is 15.1. The Bertz CT molecular complexity index is 1580. The maximum atomic E-state index is 13.3. The minimum Gasteiger partial charge on any atom is -0.379 e. The zero-order chi connectivity index (χ0) is 29.6. The largest absolute Gasteiger partial charge is 0.379 e. The van der Waals surface area contributed by atoms with Crippen LogP contribution in [0.1, 0.15) is 43.6 Å². The van der Waals surface area contributed by atoms with Gasteiger partial charge in [0.1, 0.15) is 5.82 Å². The van der Waals surface area contributed by atoms with Crippen LogP contribution in [-0.2, 0) is 22.5 Å². The third-order valence-corrected chi connectivity index (χ3v) is 8.17. The molecule has 4 aromatic rings. The minimum absolute atomic E-state index is 0.00997. The van der Waals surface area contributed by atoms with Gasteiger partial charge in [0.2, 0.25) is 11.7 Å². The van der Waals surface area contributed by atoms with Crippen molar-refractivity contribution >= 4 is 28.3 Å². The van der Waals surface area contributed by atoms with Gasteiger partial charge < -0.3 is 15.0 Å². The van der Waals surface area contributed by atoms with E-state index in [1.54, 1.807) is 4.57 Å². The number of para-hydroxylation sites is 1. The number of aryl methyl sites for hydroxylation is 3. The molecule has 0 atom stereocenters. The van der Waals surface area contributed by atoms with E-state index in [0.717, 1.165) is 38.2 Å². The average Bonchev–Trinajstić information content (AvgIpc) is 3.41. The Morgan fingerprint density at radius 1 is 1.00 bits per heavy atom. The summed E-state index contributed by atoms with van der Waals surface area (Å²) in [7, 11) is 0. The number of hydrogen-bond donors (Lipinski definition) is 1. The van der Waals surface area contributed by atoms with Gasteiger partial charge in [-0.2, -0.15) is 0 Å². The highest BCUT2D eigenvalue weighted by atomic mass is 16.5. The summed E-state index contributed by atoms with van der Waals surface area (Å²) in [5.74, 6) is 1.16. The molecule has 42 heavy (non-hydrogen) atoms. The van der Waals surface area contributed by atoms with Crippen molar-refractivity contribution in [1.29, 1.82) is 0 Å². The zero-order valence-corrected chi connectivity index (χ0v) is 25.3. The SMILES string of the molecule is Cc1cccc(N2CCN(CCNC(=O)CCc3nnc4n(CCCOC(C)C)c(=O)c5ccccc5n34)CC2)c1C. The van der Waals surface area contributed by atoms with Crippen LogP contribution in [-0.4, -0.2) is 82.0 Å². The molecule has 5 rings (SSSR count). The number of rotatable bonds is 12. The van der Waals surface area contributed by atoms with E-state index in [9.17, 15) is 9.59 Å². The van der Waals surface area contributed by atoms with Gasteiger partial charge in [0.05, 0.1) is 17.0 Å². The Morgan fingerprint density at radius 3 is 2.57 bits per heavy atom. The molecule has 10 nitrogen and oxygen atoms in total. The molecule has 224 valence electrons. The standard InChI is InChI=1S/C32H43N7O3/c1-23(2)42-22-8-16-38-31(41)26-10-5-6-11-28(26)39-29(34-35-32(38)39)13-14-30(40)33-15-17-36-18-20-37(21-19-36)27-12-7-9-24(3)25(27)4/h5-7,9-12,23H,8,13-22H2,1-4H3,(H,33,40). The lowest BCUT2D eigenvalue weighted by molar-refractivity contribution is -0.121. The first kappa shape index (κ1) is 29.7. The van der Waals surface area contributed by atoms with Gasteiger partial charge >= 0.3 is 0 Å². The predicted octanol–water partition coefficient (Wildman–Crippen LogP) is 3.35. The molecular formula is C32H43N7O3. The van der Waals surface area contributed by atoms with Gasteiger partial charge in [-0.25, -0.2) is 0 Å². The molecule has 1 saturated heterocycles. The Labute approximate surface area is 247 Å². The molecule has 3 heterocycles. The molecule has 0 saturated carbocycles. The number of carbonyl (C=O) groups is 1. The molecule has 0 aliphatic carbocycles. The van der Waals surface area contributed by atoms with Gasteiger partial charge in [-0.3, -0.25) is 23.5 Å². The normalized spacial score (nSPS) is 14.4. The Hall–Kier alpha value is -3.76. The van der Waals surface area contributed by atoms with Crippen LogP contribution in [0.3, 0.4) is 0 Å². The number of nitrogens with zero attached hydrogens (tertiary/aromatic N) is 6. The van der Waals surface area contributed by atoms with Crippen LogP contribution < -0.4 is 15.8 Å². The van der Waals surface area contributed by atoms with Crippen molar-refractivity contribution in [3.05, 3.63) is 69.8 Å². The number of aromatic nitrogens is 4. The number of benzene rings is 2. The van der Waals surface area contributed by atoms with Crippen molar-refractivity contribution < 1.29 is 9.53 Å². The number of ether oxygens (including phenoxy) is 1.